The predicted molar refractivity (Wildman–Crippen MR) is 285 cm³/mol. The number of amides is 3. The van der Waals surface area contributed by atoms with Gasteiger partial charge in [-0.05, 0) is 78.6 Å². The average Bonchev–Trinajstić information content (AvgIpc) is 4.34. The van der Waals surface area contributed by atoms with Crippen LogP contribution in [0.4, 0.5) is 20.3 Å². The lowest BCUT2D eigenvalue weighted by Gasteiger charge is -2.29. The minimum atomic E-state index is -3.70. The lowest BCUT2D eigenvalue weighted by molar-refractivity contribution is -0.134. The van der Waals surface area contributed by atoms with E-state index in [4.69, 9.17) is 14.3 Å². The summed E-state index contributed by atoms with van der Waals surface area (Å²) in [6, 6.07) is 12.2. The quantitative estimate of drug-likeness (QED) is 0.0676. The second kappa shape index (κ2) is 20.7. The number of aliphatic hydroxyl groups is 1. The van der Waals surface area contributed by atoms with Crippen LogP contribution in [0, 0.1) is 24.5 Å². The van der Waals surface area contributed by atoms with Crippen LogP contribution >= 0.6 is 11.3 Å². The Balaban J connectivity index is 0.783. The number of aromatic nitrogens is 5. The van der Waals surface area contributed by atoms with Crippen molar-refractivity contribution in [3.8, 4) is 27.4 Å². The molecule has 3 aliphatic rings. The number of unbranched alkanes of at least 4 members (excludes halogenated alkanes) is 2. The van der Waals surface area contributed by atoms with Gasteiger partial charge in [0.15, 0.2) is 32.8 Å². The number of hydrogen-bond acceptors (Lipinski definition) is 15. The van der Waals surface area contributed by atoms with E-state index in [2.05, 4.69) is 30.7 Å². The molecule has 77 heavy (non-hydrogen) atoms. The van der Waals surface area contributed by atoms with Crippen molar-refractivity contribution in [2.45, 2.75) is 89.3 Å². The van der Waals surface area contributed by atoms with Gasteiger partial charge in [-0.3, -0.25) is 19.2 Å². The maximum atomic E-state index is 15.6. The summed E-state index contributed by atoms with van der Waals surface area (Å²) in [5.41, 5.74) is 5.10. The van der Waals surface area contributed by atoms with Gasteiger partial charge in [0.1, 0.15) is 23.1 Å². The number of aryl methyl sites for hydroxylation is 2. The van der Waals surface area contributed by atoms with Crippen LogP contribution in [0.1, 0.15) is 90.9 Å². The summed E-state index contributed by atoms with van der Waals surface area (Å²) in [7, 11) is -2.13. The smallest absolute Gasteiger partial charge is 0.274 e. The Kier molecular flexibility index (Phi) is 14.2. The Bertz CT molecular complexity index is 3680. The number of hydrogen-bond donors (Lipinski definition) is 4. The molecule has 1 saturated heterocycles. The summed E-state index contributed by atoms with van der Waals surface area (Å²) >= 11 is 1.54. The number of thiazole rings is 1. The maximum Gasteiger partial charge on any atom is 0.274 e. The van der Waals surface area contributed by atoms with Gasteiger partial charge in [-0.15, -0.1) is 11.3 Å². The number of anilines is 2. The van der Waals surface area contributed by atoms with Gasteiger partial charge in [-0.1, -0.05) is 38.1 Å². The van der Waals surface area contributed by atoms with Crippen molar-refractivity contribution in [3.63, 3.8) is 0 Å². The molecule has 0 aliphatic carbocycles. The van der Waals surface area contributed by atoms with Crippen molar-refractivity contribution in [1.29, 1.82) is 0 Å². The maximum absolute atomic E-state index is 15.6. The number of fused-ring (bicyclic) bond motifs is 2. The summed E-state index contributed by atoms with van der Waals surface area (Å²) in [5.74, 6) is -4.17. The highest BCUT2D eigenvalue weighted by molar-refractivity contribution is 7.89. The normalized spacial score (nSPS) is 18.6. The molecule has 3 amide bonds. The molecule has 8 heterocycles. The number of carbonyl (C=O) groups excluding carboxylic acids is 3. The number of aliphatic hydroxyl groups excluding tert-OH is 1. The zero-order valence-corrected chi connectivity index (χ0v) is 44.7. The molecule has 0 bridgehead atoms. The fourth-order valence-electron chi connectivity index (χ4n) is 10.5. The van der Waals surface area contributed by atoms with E-state index >= 15 is 4.39 Å². The third-order valence-electron chi connectivity index (χ3n) is 14.4. The van der Waals surface area contributed by atoms with E-state index in [-0.39, 0.29) is 95.7 Å². The van der Waals surface area contributed by atoms with E-state index < -0.39 is 56.7 Å². The van der Waals surface area contributed by atoms with Crippen LogP contribution in [0.25, 0.3) is 32.5 Å². The van der Waals surface area contributed by atoms with Crippen molar-refractivity contribution in [1.82, 2.24) is 40.2 Å². The number of amidine groups is 1. The molecule has 23 heteroatoms. The van der Waals surface area contributed by atoms with Crippen LogP contribution in [0.5, 0.6) is 5.88 Å². The van der Waals surface area contributed by atoms with Crippen molar-refractivity contribution in [2.75, 3.05) is 30.9 Å². The molecule has 7 aromatic rings. The third kappa shape index (κ3) is 10.3. The number of pyridine rings is 2. The van der Waals surface area contributed by atoms with Gasteiger partial charge in [-0.25, -0.2) is 32.2 Å². The first-order valence-electron chi connectivity index (χ1n) is 25.1. The summed E-state index contributed by atoms with van der Waals surface area (Å²) in [6.45, 7) is 7.84. The number of nitrogens with zero attached hydrogens (tertiary/aromatic N) is 7. The molecule has 0 saturated carbocycles. The summed E-state index contributed by atoms with van der Waals surface area (Å²) in [5, 5.41) is 21.3. The third-order valence-corrected chi connectivity index (χ3v) is 16.2. The molecule has 4 atom stereocenters. The molecule has 0 radical (unpaired) electrons. The SMILES string of the molecule is Cc1ncsc1-c1ccc([C@]2(C)N=C([C@@H]3C[C@@H](O)CN3C(=O)[C@@H](c3cc(OCCCCCNC(=O)c4cc5c(cc4CS(C)(=O)=O)-c4cn(C)c(=O)c6[nH]cc(c46)CN5c4ncc(F)cc4F)no3)C(C)C)NC2=O)cc1. The molecular formula is C54H56F2N10O9S2. The summed E-state index contributed by atoms with van der Waals surface area (Å²) in [6.07, 6.45) is 6.12. The number of sulfone groups is 1. The molecule has 0 unspecified atom stereocenters. The van der Waals surface area contributed by atoms with Crippen LogP contribution in [-0.4, -0.2) is 105 Å². The number of aromatic amines is 1. The zero-order chi connectivity index (χ0) is 54.7. The van der Waals surface area contributed by atoms with E-state index in [0.717, 1.165) is 28.6 Å². The lowest BCUT2D eigenvalue weighted by atomic mass is 9.91. The molecule has 10 rings (SSSR count). The fraction of sp³-hybridized carbons (Fsp3) is 0.370. The molecule has 19 nitrogen and oxygen atoms in total. The first kappa shape index (κ1) is 52.8. The second-order valence-corrected chi connectivity index (χ2v) is 23.4. The highest BCUT2D eigenvalue weighted by Crippen LogP contribution is 2.45. The second-order valence-electron chi connectivity index (χ2n) is 20.4. The Hall–Kier alpha value is -7.63. The van der Waals surface area contributed by atoms with E-state index in [0.29, 0.717) is 58.8 Å². The highest BCUT2D eigenvalue weighted by atomic mass is 32.2. The largest absolute Gasteiger partial charge is 0.476 e. The van der Waals surface area contributed by atoms with Gasteiger partial charge in [-0.2, -0.15) is 0 Å². The Labute approximate surface area is 445 Å². The lowest BCUT2D eigenvalue weighted by Crippen LogP contribution is -2.48. The van der Waals surface area contributed by atoms with Crippen LogP contribution in [0.3, 0.4) is 0 Å². The monoisotopic (exact) mass is 1090 g/mol. The van der Waals surface area contributed by atoms with Gasteiger partial charge in [0.05, 0.1) is 59.0 Å². The Morgan fingerprint density at radius 3 is 2.56 bits per heavy atom. The van der Waals surface area contributed by atoms with Crippen molar-refractivity contribution < 1.29 is 45.9 Å². The standard InChI is InChI=1S/C54H56F2N10O9S2/c1-28(2)44(51(69)66-24-35(67)18-41(66)48-61-53(71)54(4,62-48)33-12-10-30(11-13-33)47-29(3)60-27-76-47)42-20-43(63-75-42)74-15-9-7-8-14-57-50(68)36-19-40-37(16-31(36)26-77(6,72)73)38-25-64(5)52(70)46-45(38)32(21-58-46)23-65(40)49-39(56)17-34(55)22-59-49/h10-13,16-17,19-22,25,27-28,35,41,44,58,67H,7-9,14-15,18,23-24,26H2,1-6H3,(H,57,68)(H,61,62,71)/t35-,41+,44-,54+/m1/s1. The fourth-order valence-corrected chi connectivity index (χ4v) is 12.1. The average molecular weight is 1090 g/mol. The van der Waals surface area contributed by atoms with Gasteiger partial charge in [0, 0.05) is 79.4 Å². The number of likely N-dealkylation sites (tertiary alicyclic amines) is 1. The first-order valence-corrected chi connectivity index (χ1v) is 28.0. The van der Waals surface area contributed by atoms with Crippen molar-refractivity contribution in [2.24, 2.45) is 18.0 Å². The summed E-state index contributed by atoms with van der Waals surface area (Å²) < 4.78 is 68.4. The molecule has 5 aromatic heterocycles. The van der Waals surface area contributed by atoms with Crippen LogP contribution in [0.15, 0.2) is 86.9 Å². The molecule has 3 aliphatic heterocycles. The molecular weight excluding hydrogens is 1030 g/mol. The summed E-state index contributed by atoms with van der Waals surface area (Å²) in [4.78, 5) is 75.7. The van der Waals surface area contributed by atoms with Crippen molar-refractivity contribution in [3.05, 3.63) is 128 Å². The zero-order valence-electron chi connectivity index (χ0n) is 43.0. The number of ether oxygens (including phenoxy) is 1. The molecule has 2 aromatic carbocycles. The minimum absolute atomic E-state index is 0.0259. The molecule has 402 valence electrons. The van der Waals surface area contributed by atoms with Gasteiger partial charge >= 0.3 is 0 Å². The molecule has 4 N–H and O–H groups in total. The van der Waals surface area contributed by atoms with Crippen LogP contribution in [-0.2, 0) is 44.3 Å². The van der Waals surface area contributed by atoms with Gasteiger partial charge in [0.2, 0.25) is 5.91 Å². The number of β-amino-alcohol motifs (C(OH)–C–C–N with tert-alkyl or cyclic N) is 1. The number of carbonyl (C=O) groups is 3. The first-order chi connectivity index (χ1) is 36.7. The molecule has 0 spiro atoms. The number of benzene rings is 2. The van der Waals surface area contributed by atoms with E-state index in [1.54, 1.807) is 48.9 Å². The minimum Gasteiger partial charge on any atom is -0.476 e. The van der Waals surface area contributed by atoms with Crippen molar-refractivity contribution >= 4 is 67.1 Å². The number of halogens is 2. The highest BCUT2D eigenvalue weighted by Gasteiger charge is 2.48. The Morgan fingerprint density at radius 1 is 1.06 bits per heavy atom. The van der Waals surface area contributed by atoms with Crippen LogP contribution < -0.4 is 25.8 Å². The van der Waals surface area contributed by atoms with Gasteiger partial charge < -0.3 is 44.4 Å². The number of aliphatic imine (C=N–C) groups is 1. The number of H-pyrrole nitrogens is 1. The van der Waals surface area contributed by atoms with Crippen LogP contribution in [0.2, 0.25) is 0 Å². The van der Waals surface area contributed by atoms with E-state index in [9.17, 15) is 37.1 Å². The number of rotatable bonds is 17. The van der Waals surface area contributed by atoms with E-state index in [1.165, 1.54) is 26.9 Å². The van der Waals surface area contributed by atoms with Gasteiger partial charge in [0.25, 0.3) is 23.3 Å². The Morgan fingerprint density at radius 2 is 1.84 bits per heavy atom. The predicted octanol–water partition coefficient (Wildman–Crippen LogP) is 6.95. The topological polar surface area (TPSA) is 247 Å². The van der Waals surface area contributed by atoms with E-state index in [1.807, 2.05) is 45.0 Å². The molecule has 1 fully saturated rings. The number of nitrogens with one attached hydrogen (secondary N) is 3.